The second-order valence-corrected chi connectivity index (χ2v) is 9.06. The van der Waals surface area contributed by atoms with E-state index < -0.39 is 10.0 Å². The van der Waals surface area contributed by atoms with Crippen LogP contribution >= 0.6 is 34.8 Å². The van der Waals surface area contributed by atoms with E-state index in [0.29, 0.717) is 32.0 Å². The molecule has 142 valence electrons. The predicted molar refractivity (Wildman–Crippen MR) is 105 cm³/mol. The fourth-order valence-corrected chi connectivity index (χ4v) is 4.40. The van der Waals surface area contributed by atoms with Crippen molar-refractivity contribution in [1.82, 2.24) is 14.4 Å². The smallest absolute Gasteiger partial charge is 0.242 e. The maximum atomic E-state index is 12.6. The van der Waals surface area contributed by atoms with Crippen LogP contribution in [0.4, 0.5) is 0 Å². The molecule has 0 N–H and O–H groups in total. The second-order valence-electron chi connectivity index (χ2n) is 5.73. The van der Waals surface area contributed by atoms with Crippen LogP contribution in [0, 0.1) is 0 Å². The van der Waals surface area contributed by atoms with Gasteiger partial charge in [0, 0.05) is 33.2 Å². The first-order chi connectivity index (χ1) is 12.8. The highest BCUT2D eigenvalue weighted by Gasteiger charge is 2.24. The van der Waals surface area contributed by atoms with E-state index in [2.05, 4.69) is 10.1 Å². The van der Waals surface area contributed by atoms with E-state index in [1.807, 2.05) is 0 Å². The van der Waals surface area contributed by atoms with E-state index in [1.54, 1.807) is 42.5 Å². The van der Waals surface area contributed by atoms with Crippen LogP contribution in [0.3, 0.4) is 0 Å². The van der Waals surface area contributed by atoms with Crippen LogP contribution < -0.4 is 0 Å². The summed E-state index contributed by atoms with van der Waals surface area (Å²) in [5, 5.41) is 4.99. The Morgan fingerprint density at radius 1 is 1.07 bits per heavy atom. The maximum absolute atomic E-state index is 12.6. The van der Waals surface area contributed by atoms with Crippen molar-refractivity contribution >= 4 is 44.8 Å². The van der Waals surface area contributed by atoms with Crippen molar-refractivity contribution in [3.05, 3.63) is 69.0 Å². The molecular weight excluding hydrogens is 433 g/mol. The van der Waals surface area contributed by atoms with Crippen LogP contribution in [0.2, 0.25) is 15.1 Å². The molecule has 10 heteroatoms. The van der Waals surface area contributed by atoms with E-state index >= 15 is 0 Å². The molecule has 0 bridgehead atoms. The van der Waals surface area contributed by atoms with Gasteiger partial charge in [-0.1, -0.05) is 58.2 Å². The molecule has 0 aliphatic rings. The molecule has 0 aliphatic carbocycles. The van der Waals surface area contributed by atoms with Crippen molar-refractivity contribution in [3.63, 3.8) is 0 Å². The molecule has 0 saturated carbocycles. The molecule has 3 aromatic rings. The Balaban J connectivity index is 1.76. The Morgan fingerprint density at radius 3 is 2.41 bits per heavy atom. The lowest BCUT2D eigenvalue weighted by atomic mass is 10.2. The number of benzene rings is 2. The molecule has 6 nitrogen and oxygen atoms in total. The first-order valence-electron chi connectivity index (χ1n) is 7.71. The number of nitrogens with zero attached hydrogens (tertiary/aromatic N) is 3. The minimum absolute atomic E-state index is 0.0853. The van der Waals surface area contributed by atoms with Crippen molar-refractivity contribution in [3.8, 4) is 11.4 Å². The molecule has 3 rings (SSSR count). The normalized spacial score (nSPS) is 11.9. The van der Waals surface area contributed by atoms with Crippen molar-refractivity contribution in [2.24, 2.45) is 0 Å². The molecule has 2 aromatic carbocycles. The molecular formula is C17H14Cl3N3O3S. The number of sulfonamides is 1. The zero-order valence-electron chi connectivity index (χ0n) is 14.1. The van der Waals surface area contributed by atoms with Crippen LogP contribution in [0.5, 0.6) is 0 Å². The summed E-state index contributed by atoms with van der Waals surface area (Å²) in [7, 11) is -2.28. The van der Waals surface area contributed by atoms with Crippen molar-refractivity contribution in [2.45, 2.75) is 12.3 Å². The molecule has 0 amide bonds. The quantitative estimate of drug-likeness (QED) is 0.550. The van der Waals surface area contributed by atoms with Crippen molar-refractivity contribution in [2.75, 3.05) is 7.05 Å². The first kappa shape index (κ1) is 20.1. The molecule has 0 aliphatic heterocycles. The van der Waals surface area contributed by atoms with Crippen LogP contribution in [-0.2, 0) is 22.3 Å². The average Bonchev–Trinajstić information content (AvgIpc) is 3.07. The third-order valence-corrected chi connectivity index (χ3v) is 6.45. The summed E-state index contributed by atoms with van der Waals surface area (Å²) in [6.07, 6.45) is 0. The number of hydrogen-bond donors (Lipinski definition) is 0. The van der Waals surface area contributed by atoms with Crippen LogP contribution in [0.15, 0.2) is 47.0 Å². The Kier molecular flexibility index (Phi) is 6.08. The van der Waals surface area contributed by atoms with E-state index in [-0.39, 0.29) is 18.2 Å². The first-order valence-corrected chi connectivity index (χ1v) is 10.5. The molecule has 0 spiro atoms. The minimum Gasteiger partial charge on any atom is -0.338 e. The van der Waals surface area contributed by atoms with Gasteiger partial charge in [0.2, 0.25) is 21.7 Å². The highest BCUT2D eigenvalue weighted by Crippen LogP contribution is 2.27. The summed E-state index contributed by atoms with van der Waals surface area (Å²) < 4.78 is 31.5. The summed E-state index contributed by atoms with van der Waals surface area (Å²) in [6.45, 7) is -0.0853. The summed E-state index contributed by atoms with van der Waals surface area (Å²) >= 11 is 18.1. The lowest BCUT2D eigenvalue weighted by Crippen LogP contribution is -2.28. The lowest BCUT2D eigenvalue weighted by molar-refractivity contribution is 0.336. The maximum Gasteiger partial charge on any atom is 0.242 e. The molecule has 0 atom stereocenters. The summed E-state index contributed by atoms with van der Waals surface area (Å²) in [5.74, 6) is 0.144. The van der Waals surface area contributed by atoms with Gasteiger partial charge in [0.1, 0.15) is 0 Å². The van der Waals surface area contributed by atoms with E-state index in [4.69, 9.17) is 39.3 Å². The number of rotatable bonds is 6. The van der Waals surface area contributed by atoms with Gasteiger partial charge in [0.25, 0.3) is 0 Å². The van der Waals surface area contributed by atoms with E-state index in [9.17, 15) is 8.42 Å². The third kappa shape index (κ3) is 4.80. The Morgan fingerprint density at radius 2 is 1.74 bits per heavy atom. The fraction of sp³-hybridized carbons (Fsp3) is 0.176. The zero-order valence-corrected chi connectivity index (χ0v) is 17.1. The summed E-state index contributed by atoms with van der Waals surface area (Å²) in [6, 6.07) is 11.8. The predicted octanol–water partition coefficient (Wildman–Crippen LogP) is 4.66. The largest absolute Gasteiger partial charge is 0.338 e. The number of halogens is 3. The molecule has 0 unspecified atom stereocenters. The molecule has 0 radical (unpaired) electrons. The van der Waals surface area contributed by atoms with Gasteiger partial charge < -0.3 is 4.52 Å². The molecule has 0 saturated heterocycles. The van der Waals surface area contributed by atoms with Gasteiger partial charge in [-0.3, -0.25) is 0 Å². The van der Waals surface area contributed by atoms with Crippen LogP contribution in [0.1, 0.15) is 11.5 Å². The minimum atomic E-state index is -3.70. The topological polar surface area (TPSA) is 76.3 Å². The fourth-order valence-electron chi connectivity index (χ4n) is 2.32. The summed E-state index contributed by atoms with van der Waals surface area (Å²) in [5.41, 5.74) is 1.02. The average molecular weight is 447 g/mol. The Bertz CT molecular complexity index is 1050. The van der Waals surface area contributed by atoms with Gasteiger partial charge in [-0.05, 0) is 24.3 Å². The van der Waals surface area contributed by atoms with Gasteiger partial charge >= 0.3 is 0 Å². The summed E-state index contributed by atoms with van der Waals surface area (Å²) in [4.78, 5) is 4.22. The van der Waals surface area contributed by atoms with E-state index in [1.165, 1.54) is 7.05 Å². The third-order valence-electron chi connectivity index (χ3n) is 3.77. The second kappa shape index (κ2) is 8.16. The van der Waals surface area contributed by atoms with Gasteiger partial charge in [0.05, 0.1) is 12.3 Å². The Labute approximate surface area is 171 Å². The van der Waals surface area contributed by atoms with E-state index in [0.717, 1.165) is 4.31 Å². The van der Waals surface area contributed by atoms with Gasteiger partial charge in [-0.2, -0.15) is 9.29 Å². The van der Waals surface area contributed by atoms with Gasteiger partial charge in [-0.15, -0.1) is 0 Å². The SMILES string of the molecule is CN(Cc1nc(-c2cccc(Cl)c2)no1)S(=O)(=O)Cc1c(Cl)cccc1Cl. The van der Waals surface area contributed by atoms with Gasteiger partial charge in [0.15, 0.2) is 0 Å². The van der Waals surface area contributed by atoms with Crippen molar-refractivity contribution in [1.29, 1.82) is 0 Å². The molecule has 0 fully saturated rings. The Hall–Kier alpha value is -1.64. The highest BCUT2D eigenvalue weighted by molar-refractivity contribution is 7.88. The van der Waals surface area contributed by atoms with Crippen LogP contribution in [0.25, 0.3) is 11.4 Å². The lowest BCUT2D eigenvalue weighted by Gasteiger charge is -2.16. The number of aromatic nitrogens is 2. The molecule has 1 heterocycles. The number of hydrogen-bond acceptors (Lipinski definition) is 5. The van der Waals surface area contributed by atoms with Crippen LogP contribution in [-0.4, -0.2) is 29.9 Å². The highest BCUT2D eigenvalue weighted by atomic mass is 35.5. The molecule has 1 aromatic heterocycles. The standard InChI is InChI=1S/C17H14Cl3N3O3S/c1-23(27(24,25)10-13-14(19)6-3-7-15(13)20)9-16-21-17(22-26-16)11-4-2-5-12(18)8-11/h2-8H,9-10H2,1H3. The van der Waals surface area contributed by atoms with Crippen molar-refractivity contribution < 1.29 is 12.9 Å². The monoisotopic (exact) mass is 445 g/mol. The molecule has 27 heavy (non-hydrogen) atoms. The zero-order chi connectivity index (χ0) is 19.6. The van der Waals surface area contributed by atoms with Gasteiger partial charge in [-0.25, -0.2) is 8.42 Å².